The third-order valence-electron chi connectivity index (χ3n) is 2.09. The first kappa shape index (κ1) is 13.3. The number of aryl methyl sites for hydroxylation is 1. The van der Waals surface area contributed by atoms with Crippen molar-refractivity contribution in [2.75, 3.05) is 6.54 Å². The van der Waals surface area contributed by atoms with Gasteiger partial charge in [-0.3, -0.25) is 4.79 Å². The van der Waals surface area contributed by atoms with E-state index in [1.807, 2.05) is 0 Å². The minimum atomic E-state index is -4.30. The highest BCUT2D eigenvalue weighted by Crippen LogP contribution is 2.20. The van der Waals surface area contributed by atoms with Crippen LogP contribution < -0.4 is 5.32 Å². The summed E-state index contributed by atoms with van der Waals surface area (Å²) in [6.07, 6.45) is -5.40. The number of rotatable bonds is 3. The van der Waals surface area contributed by atoms with Crippen molar-refractivity contribution in [3.63, 3.8) is 0 Å². The van der Waals surface area contributed by atoms with E-state index >= 15 is 0 Å². The van der Waals surface area contributed by atoms with Crippen LogP contribution in [0.5, 0.6) is 5.75 Å². The van der Waals surface area contributed by atoms with E-state index in [1.165, 1.54) is 12.1 Å². The van der Waals surface area contributed by atoms with Gasteiger partial charge in [0.1, 0.15) is 5.75 Å². The Kier molecular flexibility index (Phi) is 3.98. The Labute approximate surface area is 96.3 Å². The average molecular weight is 247 g/mol. The van der Waals surface area contributed by atoms with Crippen LogP contribution in [0, 0.1) is 6.92 Å². The summed E-state index contributed by atoms with van der Waals surface area (Å²) in [5, 5.41) is 11.5. The van der Waals surface area contributed by atoms with Crippen LogP contribution in [0.15, 0.2) is 18.2 Å². The molecule has 0 spiro atoms. The van der Waals surface area contributed by atoms with Crippen LogP contribution in [-0.2, 0) is 0 Å². The number of halogens is 3. The van der Waals surface area contributed by atoms with Crippen LogP contribution >= 0.6 is 0 Å². The van der Waals surface area contributed by atoms with Gasteiger partial charge in [0.15, 0.2) is 0 Å². The molecule has 0 aliphatic carbocycles. The van der Waals surface area contributed by atoms with Gasteiger partial charge < -0.3 is 10.4 Å². The van der Waals surface area contributed by atoms with Gasteiger partial charge in [0.05, 0.1) is 12.0 Å². The molecule has 0 aliphatic rings. The highest BCUT2D eigenvalue weighted by molar-refractivity contribution is 5.96. The first-order valence-electron chi connectivity index (χ1n) is 4.94. The molecule has 0 saturated heterocycles. The minimum Gasteiger partial charge on any atom is -0.507 e. The Bertz CT molecular complexity index is 416. The van der Waals surface area contributed by atoms with Gasteiger partial charge in [0.2, 0.25) is 0 Å². The molecular formula is C11H12F3NO2. The van der Waals surface area contributed by atoms with Crippen LogP contribution in [0.4, 0.5) is 13.2 Å². The summed E-state index contributed by atoms with van der Waals surface area (Å²) in [4.78, 5) is 11.5. The first-order chi connectivity index (χ1) is 7.79. The maximum atomic E-state index is 11.9. The number of carbonyl (C=O) groups is 1. The zero-order valence-electron chi connectivity index (χ0n) is 9.14. The molecule has 0 aliphatic heterocycles. The van der Waals surface area contributed by atoms with Crippen LogP contribution in [-0.4, -0.2) is 23.7 Å². The third-order valence-corrected chi connectivity index (χ3v) is 2.09. The fourth-order valence-corrected chi connectivity index (χ4v) is 1.24. The molecule has 0 saturated carbocycles. The minimum absolute atomic E-state index is 0.0211. The van der Waals surface area contributed by atoms with Crippen molar-refractivity contribution in [3.8, 4) is 5.75 Å². The summed E-state index contributed by atoms with van der Waals surface area (Å²) >= 11 is 0. The van der Waals surface area contributed by atoms with Gasteiger partial charge in [0.25, 0.3) is 5.91 Å². The number of hydrogen-bond donors (Lipinski definition) is 2. The Balaban J connectivity index is 2.61. The highest BCUT2D eigenvalue weighted by atomic mass is 19.4. The summed E-state index contributed by atoms with van der Waals surface area (Å²) < 4.78 is 35.6. The van der Waals surface area contributed by atoms with Crippen molar-refractivity contribution in [2.45, 2.75) is 19.5 Å². The van der Waals surface area contributed by atoms with Gasteiger partial charge in [-0.2, -0.15) is 13.2 Å². The highest BCUT2D eigenvalue weighted by Gasteiger charge is 2.26. The largest absolute Gasteiger partial charge is 0.507 e. The second-order valence-corrected chi connectivity index (χ2v) is 3.64. The van der Waals surface area contributed by atoms with E-state index in [9.17, 15) is 23.1 Å². The lowest BCUT2D eigenvalue weighted by Gasteiger charge is -2.09. The molecule has 0 atom stereocenters. The van der Waals surface area contributed by atoms with E-state index in [0.29, 0.717) is 0 Å². The van der Waals surface area contributed by atoms with Crippen molar-refractivity contribution >= 4 is 5.91 Å². The van der Waals surface area contributed by atoms with E-state index < -0.39 is 25.0 Å². The lowest BCUT2D eigenvalue weighted by molar-refractivity contribution is -0.132. The normalized spacial score (nSPS) is 11.3. The number of phenolic OH excluding ortho intramolecular Hbond substituents is 1. The summed E-state index contributed by atoms with van der Waals surface area (Å²) in [7, 11) is 0. The topological polar surface area (TPSA) is 49.3 Å². The molecule has 0 bridgehead atoms. The molecule has 94 valence electrons. The molecule has 17 heavy (non-hydrogen) atoms. The fourth-order valence-electron chi connectivity index (χ4n) is 1.24. The monoisotopic (exact) mass is 247 g/mol. The Morgan fingerprint density at radius 2 is 2.06 bits per heavy atom. The van der Waals surface area contributed by atoms with E-state index in [2.05, 4.69) is 5.32 Å². The SMILES string of the molecule is Cc1ccc(O)c(C(=O)NCCC(F)(F)F)c1. The van der Waals surface area contributed by atoms with E-state index in [1.54, 1.807) is 13.0 Å². The Morgan fingerprint density at radius 3 is 2.65 bits per heavy atom. The number of aromatic hydroxyl groups is 1. The van der Waals surface area contributed by atoms with E-state index in [0.717, 1.165) is 5.56 Å². The number of hydrogen-bond acceptors (Lipinski definition) is 2. The molecule has 0 heterocycles. The maximum absolute atomic E-state index is 11.9. The molecule has 0 unspecified atom stereocenters. The number of carbonyl (C=O) groups excluding carboxylic acids is 1. The molecule has 1 aromatic rings. The van der Waals surface area contributed by atoms with Crippen LogP contribution in [0.3, 0.4) is 0 Å². The molecule has 0 fully saturated rings. The quantitative estimate of drug-likeness (QED) is 0.861. The summed E-state index contributed by atoms with van der Waals surface area (Å²) in [5.74, 6) is -0.962. The maximum Gasteiger partial charge on any atom is 0.390 e. The number of amides is 1. The molecule has 1 amide bonds. The molecule has 1 aromatic carbocycles. The number of phenols is 1. The van der Waals surface area contributed by atoms with Gasteiger partial charge in [0, 0.05) is 6.54 Å². The van der Waals surface area contributed by atoms with Crippen molar-refractivity contribution in [1.82, 2.24) is 5.32 Å². The summed E-state index contributed by atoms with van der Waals surface area (Å²) in [6, 6.07) is 4.34. The van der Waals surface area contributed by atoms with Gasteiger partial charge in [-0.1, -0.05) is 11.6 Å². The molecule has 1 rings (SSSR count). The van der Waals surface area contributed by atoms with Crippen LogP contribution in [0.2, 0.25) is 0 Å². The number of benzene rings is 1. The summed E-state index contributed by atoms with van der Waals surface area (Å²) in [6.45, 7) is 1.21. The molecule has 3 nitrogen and oxygen atoms in total. The van der Waals surface area contributed by atoms with Crippen molar-refractivity contribution in [3.05, 3.63) is 29.3 Å². The zero-order chi connectivity index (χ0) is 13.1. The predicted octanol–water partition coefficient (Wildman–Crippen LogP) is 2.38. The smallest absolute Gasteiger partial charge is 0.390 e. The number of alkyl halides is 3. The zero-order valence-corrected chi connectivity index (χ0v) is 9.14. The standard InChI is InChI=1S/C11H12F3NO2/c1-7-2-3-9(16)8(6-7)10(17)15-5-4-11(12,13)14/h2-3,6,16H,4-5H2,1H3,(H,15,17). The van der Waals surface area contributed by atoms with E-state index in [-0.39, 0.29) is 11.3 Å². The molecule has 2 N–H and O–H groups in total. The second-order valence-electron chi connectivity index (χ2n) is 3.64. The lowest BCUT2D eigenvalue weighted by Crippen LogP contribution is -2.28. The third kappa shape index (κ3) is 4.34. The van der Waals surface area contributed by atoms with Gasteiger partial charge in [-0.05, 0) is 19.1 Å². The van der Waals surface area contributed by atoms with Crippen molar-refractivity contribution in [2.24, 2.45) is 0 Å². The summed E-state index contributed by atoms with van der Waals surface area (Å²) in [5.41, 5.74) is 0.718. The number of nitrogens with one attached hydrogen (secondary N) is 1. The molecule has 6 heteroatoms. The van der Waals surface area contributed by atoms with Crippen LogP contribution in [0.25, 0.3) is 0 Å². The Hall–Kier alpha value is -1.72. The fraction of sp³-hybridized carbons (Fsp3) is 0.364. The van der Waals surface area contributed by atoms with Gasteiger partial charge in [-0.15, -0.1) is 0 Å². The Morgan fingerprint density at radius 1 is 1.41 bits per heavy atom. The average Bonchev–Trinajstić information content (AvgIpc) is 2.19. The molecular weight excluding hydrogens is 235 g/mol. The van der Waals surface area contributed by atoms with Crippen molar-refractivity contribution < 1.29 is 23.1 Å². The lowest BCUT2D eigenvalue weighted by atomic mass is 10.1. The van der Waals surface area contributed by atoms with E-state index in [4.69, 9.17) is 0 Å². The molecule has 0 radical (unpaired) electrons. The van der Waals surface area contributed by atoms with Crippen LogP contribution in [0.1, 0.15) is 22.3 Å². The second kappa shape index (κ2) is 5.07. The van der Waals surface area contributed by atoms with Crippen molar-refractivity contribution in [1.29, 1.82) is 0 Å². The van der Waals surface area contributed by atoms with Gasteiger partial charge in [-0.25, -0.2) is 0 Å². The molecule has 0 aromatic heterocycles. The first-order valence-corrected chi connectivity index (χ1v) is 4.94. The van der Waals surface area contributed by atoms with Gasteiger partial charge >= 0.3 is 6.18 Å². The predicted molar refractivity (Wildman–Crippen MR) is 55.8 cm³/mol.